The first-order chi connectivity index (χ1) is 7.99. The Hall–Kier alpha value is -1.59. The molecule has 0 aliphatic rings. The van der Waals surface area contributed by atoms with Crippen LogP contribution >= 0.6 is 23.2 Å². The van der Waals surface area contributed by atoms with Crippen molar-refractivity contribution in [1.29, 1.82) is 0 Å². The minimum atomic E-state index is -1.08. The van der Waals surface area contributed by atoms with E-state index < -0.39 is 5.97 Å². The first kappa shape index (κ1) is 11.9. The summed E-state index contributed by atoms with van der Waals surface area (Å²) in [5, 5.41) is 13.6. The third kappa shape index (κ3) is 2.25. The van der Waals surface area contributed by atoms with Gasteiger partial charge in [-0.05, 0) is 13.0 Å². The van der Waals surface area contributed by atoms with E-state index in [0.29, 0.717) is 16.5 Å². The van der Waals surface area contributed by atoms with Crippen molar-refractivity contribution < 1.29 is 9.90 Å². The molecular weight excluding hydrogens is 265 g/mol. The van der Waals surface area contributed by atoms with Crippen molar-refractivity contribution in [1.82, 2.24) is 14.8 Å². The number of hydrogen-bond donors (Lipinski definition) is 1. The Labute approximate surface area is 107 Å². The normalized spacial score (nSPS) is 10.5. The Balaban J connectivity index is 2.50. The van der Waals surface area contributed by atoms with Gasteiger partial charge in [-0.3, -0.25) is 0 Å². The van der Waals surface area contributed by atoms with Crippen molar-refractivity contribution in [3.05, 3.63) is 39.8 Å². The van der Waals surface area contributed by atoms with Gasteiger partial charge in [0, 0.05) is 6.20 Å². The van der Waals surface area contributed by atoms with Crippen LogP contribution in [0.25, 0.3) is 5.82 Å². The van der Waals surface area contributed by atoms with E-state index in [1.54, 1.807) is 13.1 Å². The highest BCUT2D eigenvalue weighted by atomic mass is 35.5. The Morgan fingerprint density at radius 2 is 2.12 bits per heavy atom. The maximum absolute atomic E-state index is 10.7. The zero-order chi connectivity index (χ0) is 12.6. The molecule has 2 aromatic heterocycles. The number of hydrogen-bond acceptors (Lipinski definition) is 3. The zero-order valence-corrected chi connectivity index (χ0v) is 10.2. The van der Waals surface area contributed by atoms with Gasteiger partial charge >= 0.3 is 5.97 Å². The summed E-state index contributed by atoms with van der Waals surface area (Å²) in [6.07, 6.45) is 2.78. The zero-order valence-electron chi connectivity index (χ0n) is 8.69. The topological polar surface area (TPSA) is 68.0 Å². The van der Waals surface area contributed by atoms with E-state index >= 15 is 0 Å². The average molecular weight is 272 g/mol. The molecule has 7 heteroatoms. The van der Waals surface area contributed by atoms with Gasteiger partial charge in [-0.25, -0.2) is 14.5 Å². The van der Waals surface area contributed by atoms with Crippen LogP contribution in [-0.2, 0) is 0 Å². The fourth-order valence-corrected chi connectivity index (χ4v) is 1.65. The van der Waals surface area contributed by atoms with E-state index in [1.807, 2.05) is 0 Å². The number of pyridine rings is 1. The van der Waals surface area contributed by atoms with Crippen LogP contribution in [-0.4, -0.2) is 25.8 Å². The van der Waals surface area contributed by atoms with Crippen molar-refractivity contribution in [2.24, 2.45) is 0 Å². The monoisotopic (exact) mass is 271 g/mol. The van der Waals surface area contributed by atoms with Crippen LogP contribution in [0.15, 0.2) is 18.5 Å². The second-order valence-electron chi connectivity index (χ2n) is 3.34. The van der Waals surface area contributed by atoms with Crippen LogP contribution in [0.5, 0.6) is 0 Å². The Morgan fingerprint density at radius 1 is 1.41 bits per heavy atom. The molecule has 2 rings (SSSR count). The third-order valence-corrected chi connectivity index (χ3v) is 2.77. The van der Waals surface area contributed by atoms with Crippen LogP contribution < -0.4 is 0 Å². The number of carboxylic acid groups (broad SMARTS) is 1. The molecule has 17 heavy (non-hydrogen) atoms. The number of carbonyl (C=O) groups is 1. The highest BCUT2D eigenvalue weighted by Gasteiger charge is 2.12. The van der Waals surface area contributed by atoms with Crippen molar-refractivity contribution in [2.45, 2.75) is 6.92 Å². The van der Waals surface area contributed by atoms with E-state index in [4.69, 9.17) is 28.3 Å². The lowest BCUT2D eigenvalue weighted by Gasteiger charge is -2.03. The maximum atomic E-state index is 10.7. The minimum absolute atomic E-state index is 0.0220. The van der Waals surface area contributed by atoms with Crippen molar-refractivity contribution in [3.8, 4) is 5.82 Å². The van der Waals surface area contributed by atoms with E-state index in [0.717, 1.165) is 0 Å². The molecule has 2 heterocycles. The quantitative estimate of drug-likeness (QED) is 0.912. The Kier molecular flexibility index (Phi) is 3.04. The van der Waals surface area contributed by atoms with Gasteiger partial charge in [0.15, 0.2) is 5.82 Å². The van der Waals surface area contributed by atoms with E-state index in [2.05, 4.69) is 10.1 Å². The summed E-state index contributed by atoms with van der Waals surface area (Å²) >= 11 is 11.8. The van der Waals surface area contributed by atoms with Gasteiger partial charge in [-0.15, -0.1) is 0 Å². The van der Waals surface area contributed by atoms with Gasteiger partial charge in [0.25, 0.3) is 0 Å². The van der Waals surface area contributed by atoms with Gasteiger partial charge in [0.05, 0.1) is 27.5 Å². The summed E-state index contributed by atoms with van der Waals surface area (Å²) in [4.78, 5) is 14.7. The number of nitrogens with zero attached hydrogens (tertiary/aromatic N) is 3. The molecule has 0 unspecified atom stereocenters. The number of carboxylic acids is 1. The smallest absolute Gasteiger partial charge is 0.337 e. The Bertz CT molecular complexity index is 576. The summed E-state index contributed by atoms with van der Waals surface area (Å²) in [5.41, 5.74) is 0.667. The standard InChI is InChI=1S/C10H7Cl2N3O2/c1-5-8(12)4-15(14-5)9-7(11)2-6(3-13-9)10(16)17/h2-4H,1H3,(H,16,17). The summed E-state index contributed by atoms with van der Waals surface area (Å²) < 4.78 is 1.41. The first-order valence-electron chi connectivity index (χ1n) is 4.60. The molecule has 0 saturated heterocycles. The van der Waals surface area contributed by atoms with Crippen molar-refractivity contribution in [3.63, 3.8) is 0 Å². The van der Waals surface area contributed by atoms with Crippen LogP contribution in [0, 0.1) is 6.92 Å². The predicted molar refractivity (Wildman–Crippen MR) is 63.1 cm³/mol. The molecule has 0 saturated carbocycles. The molecule has 1 N–H and O–H groups in total. The second-order valence-corrected chi connectivity index (χ2v) is 4.16. The van der Waals surface area contributed by atoms with E-state index in [1.165, 1.54) is 16.9 Å². The van der Waals surface area contributed by atoms with Gasteiger partial charge in [0.2, 0.25) is 0 Å². The lowest BCUT2D eigenvalue weighted by molar-refractivity contribution is 0.0696. The Morgan fingerprint density at radius 3 is 2.59 bits per heavy atom. The molecule has 0 aromatic carbocycles. The minimum Gasteiger partial charge on any atom is -0.478 e. The SMILES string of the molecule is Cc1nn(-c2ncc(C(=O)O)cc2Cl)cc1Cl. The number of halogens is 2. The molecule has 0 bridgehead atoms. The summed E-state index contributed by atoms with van der Waals surface area (Å²) in [6, 6.07) is 1.32. The molecule has 2 aromatic rings. The number of aryl methyl sites for hydroxylation is 1. The lowest BCUT2D eigenvalue weighted by Crippen LogP contribution is -2.03. The lowest BCUT2D eigenvalue weighted by atomic mass is 10.3. The van der Waals surface area contributed by atoms with Crippen LogP contribution in [0.4, 0.5) is 0 Å². The van der Waals surface area contributed by atoms with E-state index in [9.17, 15) is 4.79 Å². The largest absolute Gasteiger partial charge is 0.478 e. The van der Waals surface area contributed by atoms with Gasteiger partial charge in [-0.1, -0.05) is 23.2 Å². The molecular formula is C10H7Cl2N3O2. The number of aromatic carboxylic acids is 1. The van der Waals surface area contributed by atoms with Crippen molar-refractivity contribution >= 4 is 29.2 Å². The van der Waals surface area contributed by atoms with E-state index in [-0.39, 0.29) is 10.6 Å². The van der Waals surface area contributed by atoms with Crippen LogP contribution in [0.3, 0.4) is 0 Å². The van der Waals surface area contributed by atoms with Crippen LogP contribution in [0.1, 0.15) is 16.1 Å². The number of aromatic nitrogens is 3. The average Bonchev–Trinajstić information content (AvgIpc) is 2.58. The third-order valence-electron chi connectivity index (χ3n) is 2.12. The molecule has 0 radical (unpaired) electrons. The predicted octanol–water partition coefficient (Wildman–Crippen LogP) is 2.58. The molecule has 0 atom stereocenters. The van der Waals surface area contributed by atoms with Gasteiger partial charge < -0.3 is 5.11 Å². The number of rotatable bonds is 2. The van der Waals surface area contributed by atoms with Crippen LogP contribution in [0.2, 0.25) is 10.0 Å². The molecule has 5 nitrogen and oxygen atoms in total. The molecule has 0 spiro atoms. The molecule has 0 amide bonds. The molecule has 0 fully saturated rings. The summed E-state index contributed by atoms with van der Waals surface area (Å²) in [6.45, 7) is 1.75. The fraction of sp³-hybridized carbons (Fsp3) is 0.100. The fourth-order valence-electron chi connectivity index (χ4n) is 1.26. The highest BCUT2D eigenvalue weighted by molar-refractivity contribution is 6.32. The highest BCUT2D eigenvalue weighted by Crippen LogP contribution is 2.21. The molecule has 0 aliphatic heterocycles. The van der Waals surface area contributed by atoms with Crippen molar-refractivity contribution in [2.75, 3.05) is 0 Å². The molecule has 88 valence electrons. The summed E-state index contributed by atoms with van der Waals surface area (Å²) in [5.74, 6) is -0.743. The molecule has 0 aliphatic carbocycles. The first-order valence-corrected chi connectivity index (χ1v) is 5.35. The summed E-state index contributed by atoms with van der Waals surface area (Å²) in [7, 11) is 0. The van der Waals surface area contributed by atoms with Gasteiger partial charge in [-0.2, -0.15) is 5.10 Å². The maximum Gasteiger partial charge on any atom is 0.337 e. The van der Waals surface area contributed by atoms with Gasteiger partial charge in [0.1, 0.15) is 0 Å². The second kappa shape index (κ2) is 4.35.